The Morgan fingerprint density at radius 2 is 2.14 bits per heavy atom. The summed E-state index contributed by atoms with van der Waals surface area (Å²) >= 11 is 1.55. The van der Waals surface area contributed by atoms with E-state index in [-0.39, 0.29) is 17.9 Å². The maximum atomic E-state index is 13.0. The molecule has 0 unspecified atom stereocenters. The van der Waals surface area contributed by atoms with Gasteiger partial charge in [0.25, 0.3) is 11.8 Å². The quantitative estimate of drug-likeness (QED) is 0.512. The Hall–Kier alpha value is -3.33. The first-order valence-corrected chi connectivity index (χ1v) is 10.3. The number of thiophene rings is 1. The summed E-state index contributed by atoms with van der Waals surface area (Å²) in [6.45, 7) is 0.824. The van der Waals surface area contributed by atoms with Gasteiger partial charge in [0.05, 0.1) is 27.5 Å². The largest absolute Gasteiger partial charge is 0.350 e. The van der Waals surface area contributed by atoms with Gasteiger partial charge < -0.3 is 10.2 Å². The molecule has 4 aromatic heterocycles. The van der Waals surface area contributed by atoms with Gasteiger partial charge in [0, 0.05) is 43.1 Å². The number of nitrogens with zero attached hydrogens (tertiary/aromatic N) is 4. The number of aromatic nitrogens is 4. The number of hydrogen-bond acceptors (Lipinski definition) is 6. The molecular formula is C20H18N6O2S. The number of amides is 2. The minimum Gasteiger partial charge on any atom is -0.350 e. The lowest BCUT2D eigenvalue weighted by atomic mass is 10.2. The molecular weight excluding hydrogens is 388 g/mol. The van der Waals surface area contributed by atoms with Crippen LogP contribution in [0.2, 0.25) is 0 Å². The van der Waals surface area contributed by atoms with Gasteiger partial charge in [-0.1, -0.05) is 0 Å². The van der Waals surface area contributed by atoms with Crippen molar-refractivity contribution < 1.29 is 9.59 Å². The number of aromatic amines is 1. The van der Waals surface area contributed by atoms with E-state index in [9.17, 15) is 9.59 Å². The third kappa shape index (κ3) is 3.44. The normalized spacial score (nSPS) is 13.7. The van der Waals surface area contributed by atoms with Crippen LogP contribution in [-0.4, -0.2) is 56.0 Å². The molecule has 1 saturated carbocycles. The monoisotopic (exact) mass is 406 g/mol. The molecule has 2 N–H and O–H groups in total. The summed E-state index contributed by atoms with van der Waals surface area (Å²) in [4.78, 5) is 35.9. The molecule has 0 atom stereocenters. The molecule has 9 heteroatoms. The number of rotatable bonds is 6. The van der Waals surface area contributed by atoms with Crippen LogP contribution >= 0.6 is 11.3 Å². The average molecular weight is 406 g/mol. The smallest absolute Gasteiger partial charge is 0.255 e. The lowest BCUT2D eigenvalue weighted by Gasteiger charge is -2.22. The van der Waals surface area contributed by atoms with Crippen LogP contribution < -0.4 is 5.32 Å². The Kier molecular flexibility index (Phi) is 4.44. The second kappa shape index (κ2) is 7.25. The van der Waals surface area contributed by atoms with Crippen molar-refractivity contribution in [2.45, 2.75) is 18.9 Å². The summed E-state index contributed by atoms with van der Waals surface area (Å²) in [5.41, 5.74) is 2.54. The first-order valence-electron chi connectivity index (χ1n) is 9.40. The van der Waals surface area contributed by atoms with Crippen molar-refractivity contribution in [3.63, 3.8) is 0 Å². The van der Waals surface area contributed by atoms with Crippen molar-refractivity contribution in [1.29, 1.82) is 0 Å². The molecule has 0 bridgehead atoms. The van der Waals surface area contributed by atoms with Gasteiger partial charge in [-0.3, -0.25) is 24.7 Å². The first kappa shape index (κ1) is 17.7. The van der Waals surface area contributed by atoms with Gasteiger partial charge in [-0.15, -0.1) is 11.3 Å². The van der Waals surface area contributed by atoms with Crippen molar-refractivity contribution in [3.8, 4) is 0 Å². The minimum atomic E-state index is -0.176. The number of nitrogens with one attached hydrogen (secondary N) is 2. The molecule has 8 nitrogen and oxygen atoms in total. The maximum absolute atomic E-state index is 13.0. The van der Waals surface area contributed by atoms with E-state index >= 15 is 0 Å². The Labute approximate surface area is 170 Å². The fourth-order valence-corrected chi connectivity index (χ4v) is 4.19. The number of hydrogen-bond donors (Lipinski definition) is 2. The van der Waals surface area contributed by atoms with Crippen LogP contribution in [0.1, 0.15) is 33.6 Å². The predicted molar refractivity (Wildman–Crippen MR) is 110 cm³/mol. The van der Waals surface area contributed by atoms with Gasteiger partial charge >= 0.3 is 0 Å². The van der Waals surface area contributed by atoms with Gasteiger partial charge in [-0.25, -0.2) is 0 Å². The fourth-order valence-electron chi connectivity index (χ4n) is 3.41. The van der Waals surface area contributed by atoms with Crippen LogP contribution in [-0.2, 0) is 0 Å². The SMILES string of the molecule is O=C(NCCN(C(=O)c1cnc2cn[nH]c2c1)C1CC1)c1cncc2sccc12. The molecule has 4 heterocycles. The van der Waals surface area contributed by atoms with Crippen LogP contribution in [0.5, 0.6) is 0 Å². The van der Waals surface area contributed by atoms with E-state index in [2.05, 4.69) is 25.5 Å². The lowest BCUT2D eigenvalue weighted by molar-refractivity contribution is 0.0736. The summed E-state index contributed by atoms with van der Waals surface area (Å²) < 4.78 is 0.981. The fraction of sp³-hybridized carbons (Fsp3) is 0.250. The van der Waals surface area contributed by atoms with E-state index in [0.717, 1.165) is 34.0 Å². The zero-order chi connectivity index (χ0) is 19.8. The van der Waals surface area contributed by atoms with Crippen molar-refractivity contribution in [3.05, 3.63) is 53.4 Å². The lowest BCUT2D eigenvalue weighted by Crippen LogP contribution is -2.40. The maximum Gasteiger partial charge on any atom is 0.255 e. The molecule has 1 fully saturated rings. The van der Waals surface area contributed by atoms with Crippen molar-refractivity contribution >= 4 is 44.3 Å². The standard InChI is InChI=1S/C20H18N6O2S/c27-19(15-9-21-11-18-14(15)3-6-29-18)22-4-5-26(13-1-2-13)20(28)12-7-16-17(23-8-12)10-24-25-16/h3,6-11,13H,1-2,4-5H2,(H,22,27)(H,24,25). The molecule has 2 amide bonds. The van der Waals surface area contributed by atoms with Crippen LogP contribution in [0.15, 0.2) is 42.3 Å². The molecule has 5 rings (SSSR count). The number of carbonyl (C=O) groups is 2. The van der Waals surface area contributed by atoms with Gasteiger partial charge in [0.2, 0.25) is 0 Å². The van der Waals surface area contributed by atoms with Gasteiger partial charge in [-0.05, 0) is 30.4 Å². The zero-order valence-electron chi connectivity index (χ0n) is 15.5. The van der Waals surface area contributed by atoms with Crippen molar-refractivity contribution in [1.82, 2.24) is 30.4 Å². The second-order valence-electron chi connectivity index (χ2n) is 7.03. The van der Waals surface area contributed by atoms with Crippen molar-refractivity contribution in [2.24, 2.45) is 0 Å². The molecule has 1 aliphatic rings. The van der Waals surface area contributed by atoms with Crippen molar-refractivity contribution in [2.75, 3.05) is 13.1 Å². The van der Waals surface area contributed by atoms with Crippen LogP contribution in [0.4, 0.5) is 0 Å². The van der Waals surface area contributed by atoms with Crippen LogP contribution in [0, 0.1) is 0 Å². The third-order valence-corrected chi connectivity index (χ3v) is 5.90. The molecule has 146 valence electrons. The molecule has 0 radical (unpaired) electrons. The Balaban J connectivity index is 1.27. The van der Waals surface area contributed by atoms with Crippen LogP contribution in [0.25, 0.3) is 21.1 Å². The number of pyridine rings is 2. The predicted octanol–water partition coefficient (Wildman–Crippen LogP) is 2.60. The highest BCUT2D eigenvalue weighted by Gasteiger charge is 2.33. The summed E-state index contributed by atoms with van der Waals surface area (Å²) in [6.07, 6.45) is 8.52. The van der Waals surface area contributed by atoms with Gasteiger partial charge in [0.15, 0.2) is 0 Å². The number of fused-ring (bicyclic) bond motifs is 2. The minimum absolute atomic E-state index is 0.0765. The number of carbonyl (C=O) groups excluding carboxylic acids is 2. The van der Waals surface area contributed by atoms with E-state index in [1.54, 1.807) is 42.2 Å². The Morgan fingerprint density at radius 3 is 3.00 bits per heavy atom. The van der Waals surface area contributed by atoms with E-state index in [4.69, 9.17) is 0 Å². The van der Waals surface area contributed by atoms with Crippen LogP contribution in [0.3, 0.4) is 0 Å². The highest BCUT2D eigenvalue weighted by Crippen LogP contribution is 2.28. The summed E-state index contributed by atoms with van der Waals surface area (Å²) in [5.74, 6) is -0.252. The average Bonchev–Trinajstić information content (AvgIpc) is 3.26. The molecule has 0 aromatic carbocycles. The van der Waals surface area contributed by atoms with E-state index in [0.29, 0.717) is 24.2 Å². The highest BCUT2D eigenvalue weighted by molar-refractivity contribution is 7.17. The Morgan fingerprint density at radius 1 is 1.24 bits per heavy atom. The van der Waals surface area contributed by atoms with E-state index in [1.807, 2.05) is 16.3 Å². The topological polar surface area (TPSA) is 104 Å². The Bertz CT molecular complexity index is 1210. The highest BCUT2D eigenvalue weighted by atomic mass is 32.1. The van der Waals surface area contributed by atoms with E-state index in [1.165, 1.54) is 0 Å². The molecule has 0 aliphatic heterocycles. The first-order chi connectivity index (χ1) is 14.2. The third-order valence-electron chi connectivity index (χ3n) is 5.05. The summed E-state index contributed by atoms with van der Waals surface area (Å²) in [7, 11) is 0. The summed E-state index contributed by atoms with van der Waals surface area (Å²) in [6, 6.07) is 3.92. The molecule has 0 saturated heterocycles. The van der Waals surface area contributed by atoms with E-state index < -0.39 is 0 Å². The van der Waals surface area contributed by atoms with Gasteiger partial charge in [0.1, 0.15) is 5.52 Å². The molecule has 4 aromatic rings. The molecule has 29 heavy (non-hydrogen) atoms. The van der Waals surface area contributed by atoms with Gasteiger partial charge in [-0.2, -0.15) is 5.10 Å². The molecule has 1 aliphatic carbocycles. The number of H-pyrrole nitrogens is 1. The zero-order valence-corrected chi connectivity index (χ0v) is 16.3. The molecule has 0 spiro atoms. The summed E-state index contributed by atoms with van der Waals surface area (Å²) in [5, 5.41) is 12.6. The second-order valence-corrected chi connectivity index (χ2v) is 7.98.